The van der Waals surface area contributed by atoms with Crippen molar-refractivity contribution in [1.82, 2.24) is 0 Å². The molecule has 0 bridgehead atoms. The molecule has 0 saturated carbocycles. The number of carboxylic acid groups (broad SMARTS) is 1. The van der Waals surface area contributed by atoms with E-state index in [0.29, 0.717) is 0 Å². The van der Waals surface area contributed by atoms with Crippen LogP contribution in [0.3, 0.4) is 0 Å². The van der Waals surface area contributed by atoms with Crippen molar-refractivity contribution in [2.24, 2.45) is 0 Å². The fourth-order valence-electron chi connectivity index (χ4n) is 0.920. The summed E-state index contributed by atoms with van der Waals surface area (Å²) in [5, 5.41) is 8.59. The number of ether oxygens (including phenoxy) is 1. The second kappa shape index (κ2) is 7.25. The predicted molar refractivity (Wildman–Crippen MR) is 54.3 cm³/mol. The quantitative estimate of drug-likeness (QED) is 0.570. The van der Waals surface area contributed by atoms with Crippen molar-refractivity contribution in [3.63, 3.8) is 0 Å². The summed E-state index contributed by atoms with van der Waals surface area (Å²) in [7, 11) is 0. The second-order valence-corrected chi connectivity index (χ2v) is 3.24. The number of halogens is 1. The number of aliphatic carboxylic acids is 1. The molecule has 0 aliphatic carbocycles. The molecule has 78 valence electrons. The van der Waals surface area contributed by atoms with Gasteiger partial charge in [0.15, 0.2) is 11.7 Å². The standard InChI is InChI=1S/C10H11ClO3.Na.H/c1-7(10(12)13)14-9(11)8-5-3-2-4-6-8;;/h2-7,9H,1H3,(H,12,13);;/q;+1;-1. The van der Waals surface area contributed by atoms with E-state index in [0.717, 1.165) is 5.56 Å². The van der Waals surface area contributed by atoms with E-state index in [1.165, 1.54) is 6.92 Å². The number of carboxylic acids is 1. The van der Waals surface area contributed by atoms with Crippen LogP contribution in [0.15, 0.2) is 30.3 Å². The van der Waals surface area contributed by atoms with Gasteiger partial charge in [-0.05, 0) is 12.5 Å². The molecule has 1 aromatic carbocycles. The summed E-state index contributed by atoms with van der Waals surface area (Å²) in [6, 6.07) is 9.06. The Morgan fingerprint density at radius 2 is 2.00 bits per heavy atom. The van der Waals surface area contributed by atoms with Crippen LogP contribution >= 0.6 is 11.6 Å². The molecular formula is C10H12ClNaO3. The van der Waals surface area contributed by atoms with E-state index in [1.807, 2.05) is 18.2 Å². The third kappa shape index (κ3) is 5.00. The van der Waals surface area contributed by atoms with Crippen LogP contribution in [0.25, 0.3) is 0 Å². The van der Waals surface area contributed by atoms with Gasteiger partial charge < -0.3 is 11.3 Å². The Bertz CT molecular complexity index is 310. The maximum atomic E-state index is 10.5. The van der Waals surface area contributed by atoms with Crippen molar-refractivity contribution in [3.8, 4) is 0 Å². The van der Waals surface area contributed by atoms with Crippen LogP contribution < -0.4 is 29.6 Å². The van der Waals surface area contributed by atoms with E-state index in [2.05, 4.69) is 0 Å². The maximum Gasteiger partial charge on any atom is 1.00 e. The Balaban J connectivity index is 0. The summed E-state index contributed by atoms with van der Waals surface area (Å²) in [5.74, 6) is -1.02. The fraction of sp³-hybridized carbons (Fsp3) is 0.300. The molecule has 3 nitrogen and oxygen atoms in total. The molecule has 0 aliphatic rings. The Labute approximate surface area is 117 Å². The molecule has 0 fully saturated rings. The van der Waals surface area contributed by atoms with Gasteiger partial charge in [0, 0.05) is 0 Å². The van der Waals surface area contributed by atoms with Crippen LogP contribution in [0.5, 0.6) is 0 Å². The zero-order chi connectivity index (χ0) is 10.6. The predicted octanol–water partition coefficient (Wildman–Crippen LogP) is -0.470. The van der Waals surface area contributed by atoms with Crippen molar-refractivity contribution >= 4 is 17.6 Å². The van der Waals surface area contributed by atoms with Gasteiger partial charge in [-0.1, -0.05) is 41.9 Å². The molecule has 15 heavy (non-hydrogen) atoms. The van der Waals surface area contributed by atoms with E-state index in [9.17, 15) is 4.79 Å². The van der Waals surface area contributed by atoms with Gasteiger partial charge >= 0.3 is 35.5 Å². The summed E-state index contributed by atoms with van der Waals surface area (Å²) < 4.78 is 5.06. The maximum absolute atomic E-state index is 10.5. The first-order chi connectivity index (χ1) is 6.61. The molecule has 0 amide bonds. The van der Waals surface area contributed by atoms with Crippen molar-refractivity contribution in [2.45, 2.75) is 18.6 Å². The first kappa shape index (κ1) is 14.9. The van der Waals surface area contributed by atoms with Gasteiger partial charge in [-0.15, -0.1) is 0 Å². The summed E-state index contributed by atoms with van der Waals surface area (Å²) in [5.41, 5.74) is 0.0320. The molecule has 2 unspecified atom stereocenters. The molecular weight excluding hydrogens is 227 g/mol. The van der Waals surface area contributed by atoms with Gasteiger partial charge in [-0.2, -0.15) is 0 Å². The van der Waals surface area contributed by atoms with Crippen LogP contribution in [0.4, 0.5) is 0 Å². The molecule has 1 rings (SSSR count). The molecule has 0 aliphatic heterocycles. The second-order valence-electron chi connectivity index (χ2n) is 2.84. The van der Waals surface area contributed by atoms with E-state index in [1.54, 1.807) is 12.1 Å². The molecule has 0 spiro atoms. The summed E-state index contributed by atoms with van der Waals surface area (Å²) in [4.78, 5) is 10.5. The number of alkyl halides is 1. The monoisotopic (exact) mass is 238 g/mol. The summed E-state index contributed by atoms with van der Waals surface area (Å²) in [6.07, 6.45) is -0.905. The third-order valence-electron chi connectivity index (χ3n) is 1.73. The number of benzene rings is 1. The zero-order valence-electron chi connectivity index (χ0n) is 9.68. The fourth-order valence-corrected chi connectivity index (χ4v) is 1.22. The average molecular weight is 239 g/mol. The molecule has 1 N–H and O–H groups in total. The minimum absolute atomic E-state index is 0. The van der Waals surface area contributed by atoms with Gasteiger partial charge in [-0.3, -0.25) is 0 Å². The first-order valence-corrected chi connectivity index (χ1v) is 4.62. The molecule has 0 radical (unpaired) electrons. The van der Waals surface area contributed by atoms with Gasteiger partial charge in [0.2, 0.25) is 0 Å². The minimum Gasteiger partial charge on any atom is -1.00 e. The van der Waals surface area contributed by atoms with Crippen molar-refractivity contribution in [2.75, 3.05) is 0 Å². The van der Waals surface area contributed by atoms with Crippen molar-refractivity contribution < 1.29 is 45.6 Å². The van der Waals surface area contributed by atoms with E-state index < -0.39 is 17.6 Å². The molecule has 0 aromatic heterocycles. The Morgan fingerprint density at radius 1 is 1.47 bits per heavy atom. The van der Waals surface area contributed by atoms with E-state index in [4.69, 9.17) is 21.4 Å². The molecule has 5 heteroatoms. The van der Waals surface area contributed by atoms with Gasteiger partial charge in [0.1, 0.15) is 0 Å². The Hall–Kier alpha value is -0.0600. The number of hydrogen-bond donors (Lipinski definition) is 1. The topological polar surface area (TPSA) is 46.5 Å². The smallest absolute Gasteiger partial charge is 1.00 e. The van der Waals surface area contributed by atoms with Crippen LogP contribution in [0.2, 0.25) is 0 Å². The molecule has 0 saturated heterocycles. The number of rotatable bonds is 4. The Kier molecular flexibility index (Phi) is 7.22. The van der Waals surface area contributed by atoms with Crippen LogP contribution in [0, 0.1) is 0 Å². The normalized spacial score (nSPS) is 13.7. The van der Waals surface area contributed by atoms with Crippen LogP contribution in [-0.4, -0.2) is 17.2 Å². The summed E-state index contributed by atoms with van der Waals surface area (Å²) >= 11 is 5.86. The largest absolute Gasteiger partial charge is 1.00 e. The zero-order valence-corrected chi connectivity index (χ0v) is 11.4. The SMILES string of the molecule is CC(OC(Cl)c1ccccc1)C(=O)O.[H-].[Na+]. The molecule has 0 heterocycles. The first-order valence-electron chi connectivity index (χ1n) is 4.18. The molecule has 2 atom stereocenters. The number of hydrogen-bond acceptors (Lipinski definition) is 2. The van der Waals surface area contributed by atoms with Crippen LogP contribution in [0.1, 0.15) is 19.5 Å². The van der Waals surface area contributed by atoms with Gasteiger partial charge in [-0.25, -0.2) is 4.79 Å². The number of carbonyl (C=O) groups is 1. The van der Waals surface area contributed by atoms with Crippen molar-refractivity contribution in [3.05, 3.63) is 35.9 Å². The van der Waals surface area contributed by atoms with E-state index >= 15 is 0 Å². The van der Waals surface area contributed by atoms with E-state index in [-0.39, 0.29) is 31.0 Å². The molecule has 1 aromatic rings. The summed E-state index contributed by atoms with van der Waals surface area (Å²) in [6.45, 7) is 1.45. The third-order valence-corrected chi connectivity index (χ3v) is 2.09. The van der Waals surface area contributed by atoms with Gasteiger partial charge in [0.05, 0.1) is 0 Å². The van der Waals surface area contributed by atoms with Crippen LogP contribution in [-0.2, 0) is 9.53 Å². The van der Waals surface area contributed by atoms with Crippen molar-refractivity contribution in [1.29, 1.82) is 0 Å². The Morgan fingerprint density at radius 3 is 2.47 bits per heavy atom. The minimum atomic E-state index is -1.02. The van der Waals surface area contributed by atoms with Gasteiger partial charge in [0.25, 0.3) is 0 Å². The average Bonchev–Trinajstić information content (AvgIpc) is 2.19.